The molecule has 0 radical (unpaired) electrons. The van der Waals surface area contributed by atoms with Gasteiger partial charge in [0.05, 0.1) is 13.2 Å². The Labute approximate surface area is 130 Å². The van der Waals surface area contributed by atoms with Crippen molar-refractivity contribution in [2.24, 2.45) is 5.73 Å². The topological polar surface area (TPSA) is 44.5 Å². The minimum atomic E-state index is 0.481. The maximum atomic E-state index is 5.95. The van der Waals surface area contributed by atoms with Crippen LogP contribution in [-0.2, 0) is 6.54 Å². The van der Waals surface area contributed by atoms with Gasteiger partial charge in [-0.1, -0.05) is 35.9 Å². The van der Waals surface area contributed by atoms with Gasteiger partial charge in [-0.2, -0.15) is 0 Å². The van der Waals surface area contributed by atoms with Crippen LogP contribution in [0.5, 0.6) is 11.5 Å². The molecule has 3 nitrogen and oxygen atoms in total. The molecule has 0 amide bonds. The highest BCUT2D eigenvalue weighted by molar-refractivity contribution is 6.30. The molecule has 4 heteroatoms. The van der Waals surface area contributed by atoms with E-state index in [4.69, 9.17) is 26.8 Å². The zero-order chi connectivity index (χ0) is 15.1. The maximum Gasteiger partial charge on any atom is 0.123 e. The molecule has 0 heterocycles. The van der Waals surface area contributed by atoms with Crippen molar-refractivity contribution in [3.63, 3.8) is 0 Å². The number of hydrogen-bond acceptors (Lipinski definition) is 3. The maximum absolute atomic E-state index is 5.95. The van der Waals surface area contributed by atoms with E-state index in [1.54, 1.807) is 0 Å². The fourth-order valence-corrected chi connectivity index (χ4v) is 2.13. The van der Waals surface area contributed by atoms with Gasteiger partial charge in [0.25, 0.3) is 0 Å². The van der Waals surface area contributed by atoms with Gasteiger partial charge in [0, 0.05) is 23.6 Å². The fourth-order valence-electron chi connectivity index (χ4n) is 1.97. The lowest BCUT2D eigenvalue weighted by molar-refractivity contribution is 0.245. The molecule has 2 aromatic rings. The number of para-hydroxylation sites is 1. The number of rotatable bonds is 7. The van der Waals surface area contributed by atoms with Crippen LogP contribution >= 0.6 is 11.6 Å². The van der Waals surface area contributed by atoms with Crippen molar-refractivity contribution in [3.05, 3.63) is 58.6 Å². The number of ether oxygens (including phenoxy) is 2. The summed E-state index contributed by atoms with van der Waals surface area (Å²) in [5.74, 6) is 1.67. The Hall–Kier alpha value is -1.71. The van der Waals surface area contributed by atoms with Gasteiger partial charge in [-0.25, -0.2) is 0 Å². The normalized spacial score (nSPS) is 10.4. The summed E-state index contributed by atoms with van der Waals surface area (Å²) in [4.78, 5) is 0. The van der Waals surface area contributed by atoms with Crippen molar-refractivity contribution >= 4 is 11.6 Å². The number of nitrogens with two attached hydrogens (primary N) is 1. The molecule has 0 fully saturated rings. The predicted octanol–water partition coefficient (Wildman–Crippen LogP) is 3.96. The van der Waals surface area contributed by atoms with Gasteiger partial charge in [-0.05, 0) is 30.7 Å². The van der Waals surface area contributed by atoms with E-state index in [1.807, 2.05) is 49.4 Å². The van der Waals surface area contributed by atoms with Crippen LogP contribution in [0.4, 0.5) is 0 Å². The summed E-state index contributed by atoms with van der Waals surface area (Å²) >= 11 is 5.95. The van der Waals surface area contributed by atoms with E-state index in [-0.39, 0.29) is 0 Å². The fraction of sp³-hybridized carbons (Fsp3) is 0.294. The van der Waals surface area contributed by atoms with Crippen LogP contribution in [0, 0.1) is 6.92 Å². The number of hydrogen-bond donors (Lipinski definition) is 1. The molecule has 0 aliphatic carbocycles. The molecule has 0 saturated heterocycles. The van der Waals surface area contributed by atoms with Gasteiger partial charge in [-0.15, -0.1) is 0 Å². The van der Waals surface area contributed by atoms with Gasteiger partial charge in [-0.3, -0.25) is 0 Å². The minimum absolute atomic E-state index is 0.481. The molecule has 0 atom stereocenters. The Morgan fingerprint density at radius 3 is 2.48 bits per heavy atom. The first-order valence-corrected chi connectivity index (χ1v) is 7.38. The van der Waals surface area contributed by atoms with Crippen LogP contribution < -0.4 is 15.2 Å². The predicted molar refractivity (Wildman–Crippen MR) is 86.1 cm³/mol. The third kappa shape index (κ3) is 4.66. The van der Waals surface area contributed by atoms with E-state index >= 15 is 0 Å². The van der Waals surface area contributed by atoms with E-state index in [1.165, 1.54) is 0 Å². The van der Waals surface area contributed by atoms with Gasteiger partial charge in [0.15, 0.2) is 0 Å². The van der Waals surface area contributed by atoms with Gasteiger partial charge in [0.2, 0.25) is 0 Å². The van der Waals surface area contributed by atoms with Crippen LogP contribution in [0.3, 0.4) is 0 Å². The molecule has 2 N–H and O–H groups in total. The van der Waals surface area contributed by atoms with Gasteiger partial charge in [0.1, 0.15) is 11.5 Å². The first-order chi connectivity index (χ1) is 10.2. The Morgan fingerprint density at radius 2 is 1.71 bits per heavy atom. The molecular formula is C17H20ClNO2. The largest absolute Gasteiger partial charge is 0.493 e. The van der Waals surface area contributed by atoms with E-state index in [9.17, 15) is 0 Å². The summed E-state index contributed by atoms with van der Waals surface area (Å²) in [6.45, 7) is 3.66. The lowest BCUT2D eigenvalue weighted by Gasteiger charge is -2.12. The Bertz CT molecular complexity index is 587. The summed E-state index contributed by atoms with van der Waals surface area (Å²) < 4.78 is 11.5. The highest BCUT2D eigenvalue weighted by Gasteiger charge is 2.02. The second-order valence-electron chi connectivity index (χ2n) is 4.77. The first kappa shape index (κ1) is 15.7. The van der Waals surface area contributed by atoms with Crippen molar-refractivity contribution in [2.45, 2.75) is 19.9 Å². The second-order valence-corrected chi connectivity index (χ2v) is 5.21. The van der Waals surface area contributed by atoms with E-state index < -0.39 is 0 Å². The third-order valence-corrected chi connectivity index (χ3v) is 3.38. The zero-order valence-corrected chi connectivity index (χ0v) is 12.9. The van der Waals surface area contributed by atoms with E-state index in [0.717, 1.165) is 29.0 Å². The standard InChI is InChI=1S/C17H20ClNO2/c1-13-7-8-15(18)11-17(13)21-10-4-9-20-16-6-3-2-5-14(16)12-19/h2-3,5-8,11H,4,9-10,12,19H2,1H3. The molecule has 0 spiro atoms. The molecule has 0 aromatic heterocycles. The molecule has 0 saturated carbocycles. The van der Waals surface area contributed by atoms with Crippen LogP contribution in [0.1, 0.15) is 17.5 Å². The summed E-state index contributed by atoms with van der Waals surface area (Å²) in [7, 11) is 0. The Balaban J connectivity index is 1.76. The monoisotopic (exact) mass is 305 g/mol. The molecule has 0 aliphatic rings. The van der Waals surface area contributed by atoms with Crippen molar-refractivity contribution in [1.82, 2.24) is 0 Å². The molecular weight excluding hydrogens is 286 g/mol. The van der Waals surface area contributed by atoms with Crippen molar-refractivity contribution in [1.29, 1.82) is 0 Å². The summed E-state index contributed by atoms with van der Waals surface area (Å²) in [5.41, 5.74) is 7.77. The van der Waals surface area contributed by atoms with Crippen LogP contribution in [0.2, 0.25) is 5.02 Å². The van der Waals surface area contributed by atoms with Gasteiger partial charge >= 0.3 is 0 Å². The molecule has 21 heavy (non-hydrogen) atoms. The highest BCUT2D eigenvalue weighted by Crippen LogP contribution is 2.22. The Morgan fingerprint density at radius 1 is 1.00 bits per heavy atom. The van der Waals surface area contributed by atoms with Crippen molar-refractivity contribution in [3.8, 4) is 11.5 Å². The average Bonchev–Trinajstić information content (AvgIpc) is 2.50. The van der Waals surface area contributed by atoms with Crippen LogP contribution in [-0.4, -0.2) is 13.2 Å². The number of halogens is 1. The van der Waals surface area contributed by atoms with Crippen LogP contribution in [0.25, 0.3) is 0 Å². The van der Waals surface area contributed by atoms with E-state index in [0.29, 0.717) is 24.8 Å². The van der Waals surface area contributed by atoms with Gasteiger partial charge < -0.3 is 15.2 Å². The Kier molecular flexibility index (Phi) is 5.90. The summed E-state index contributed by atoms with van der Waals surface area (Å²) in [5, 5.41) is 0.684. The molecule has 2 aromatic carbocycles. The second kappa shape index (κ2) is 7.91. The summed E-state index contributed by atoms with van der Waals surface area (Å²) in [6, 6.07) is 13.5. The number of aryl methyl sites for hydroxylation is 1. The molecule has 2 rings (SSSR count). The lowest BCUT2D eigenvalue weighted by Crippen LogP contribution is -2.07. The zero-order valence-electron chi connectivity index (χ0n) is 12.1. The number of benzene rings is 2. The average molecular weight is 306 g/mol. The molecule has 0 unspecified atom stereocenters. The summed E-state index contributed by atoms with van der Waals surface area (Å²) in [6.07, 6.45) is 0.796. The van der Waals surface area contributed by atoms with Crippen molar-refractivity contribution < 1.29 is 9.47 Å². The SMILES string of the molecule is Cc1ccc(Cl)cc1OCCCOc1ccccc1CN. The van der Waals surface area contributed by atoms with E-state index in [2.05, 4.69) is 0 Å². The van der Waals surface area contributed by atoms with Crippen LogP contribution in [0.15, 0.2) is 42.5 Å². The molecule has 0 bridgehead atoms. The lowest BCUT2D eigenvalue weighted by atomic mass is 10.2. The molecule has 112 valence electrons. The third-order valence-electron chi connectivity index (χ3n) is 3.15. The smallest absolute Gasteiger partial charge is 0.123 e. The minimum Gasteiger partial charge on any atom is -0.493 e. The quantitative estimate of drug-likeness (QED) is 0.788. The molecule has 0 aliphatic heterocycles. The first-order valence-electron chi connectivity index (χ1n) is 7.00. The van der Waals surface area contributed by atoms with Crippen molar-refractivity contribution in [2.75, 3.05) is 13.2 Å². The highest BCUT2D eigenvalue weighted by atomic mass is 35.5.